The van der Waals surface area contributed by atoms with E-state index in [-0.39, 0.29) is 17.0 Å². The summed E-state index contributed by atoms with van der Waals surface area (Å²) in [6.07, 6.45) is 0. The Balaban J connectivity index is 2.60. The van der Waals surface area contributed by atoms with Crippen molar-refractivity contribution in [3.63, 3.8) is 0 Å². The second kappa shape index (κ2) is 3.77. The average Bonchev–Trinajstić information content (AvgIpc) is 2.60. The number of nitrogens with zero attached hydrogens (tertiary/aromatic N) is 1. The normalized spacial score (nSPS) is 10.4. The molecule has 0 fully saturated rings. The molecule has 0 bridgehead atoms. The van der Waals surface area contributed by atoms with Crippen molar-refractivity contribution in [3.8, 4) is 11.3 Å². The molecular weight excluding hydrogens is 213 g/mol. The first-order valence-electron chi connectivity index (χ1n) is 4.55. The number of benzene rings is 1. The van der Waals surface area contributed by atoms with Crippen molar-refractivity contribution in [3.05, 3.63) is 41.4 Å². The molecule has 82 valence electrons. The lowest BCUT2D eigenvalue weighted by atomic mass is 10.1. The number of hydrogen-bond acceptors (Lipinski definition) is 3. The smallest absolute Gasteiger partial charge is 0.341 e. The van der Waals surface area contributed by atoms with Gasteiger partial charge in [-0.1, -0.05) is 17.3 Å². The lowest BCUT2D eigenvalue weighted by molar-refractivity contribution is 0.0696. The molecule has 1 aromatic heterocycles. The number of carboxylic acids is 1. The molecule has 1 heterocycles. The van der Waals surface area contributed by atoms with E-state index >= 15 is 0 Å². The van der Waals surface area contributed by atoms with Crippen molar-refractivity contribution >= 4 is 5.97 Å². The highest BCUT2D eigenvalue weighted by molar-refractivity contribution is 5.95. The van der Waals surface area contributed by atoms with Crippen LogP contribution in [0.2, 0.25) is 0 Å². The number of halogens is 1. The first-order valence-corrected chi connectivity index (χ1v) is 4.55. The van der Waals surface area contributed by atoms with E-state index in [1.54, 1.807) is 6.07 Å². The highest BCUT2D eigenvalue weighted by atomic mass is 19.1. The van der Waals surface area contributed by atoms with Crippen LogP contribution in [0.1, 0.15) is 16.1 Å². The van der Waals surface area contributed by atoms with Gasteiger partial charge in [-0.05, 0) is 19.1 Å². The Morgan fingerprint density at radius 3 is 2.88 bits per heavy atom. The molecule has 0 saturated heterocycles. The molecule has 0 aliphatic carbocycles. The van der Waals surface area contributed by atoms with E-state index in [0.29, 0.717) is 5.56 Å². The van der Waals surface area contributed by atoms with Crippen molar-refractivity contribution in [1.29, 1.82) is 0 Å². The molecule has 0 saturated carbocycles. The zero-order valence-electron chi connectivity index (χ0n) is 8.40. The minimum absolute atomic E-state index is 0.0365. The molecule has 1 aromatic carbocycles. The maximum Gasteiger partial charge on any atom is 0.341 e. The predicted molar refractivity (Wildman–Crippen MR) is 53.6 cm³/mol. The molecule has 0 aliphatic heterocycles. The van der Waals surface area contributed by atoms with Gasteiger partial charge in [0, 0.05) is 5.56 Å². The molecule has 0 amide bonds. The molecule has 0 spiro atoms. The molecule has 2 aromatic rings. The number of aryl methyl sites for hydroxylation is 1. The Kier molecular flexibility index (Phi) is 2.44. The van der Waals surface area contributed by atoms with Gasteiger partial charge in [-0.15, -0.1) is 0 Å². The van der Waals surface area contributed by atoms with Gasteiger partial charge in [-0.2, -0.15) is 0 Å². The van der Waals surface area contributed by atoms with Crippen LogP contribution in [0.25, 0.3) is 11.3 Å². The zero-order chi connectivity index (χ0) is 11.7. The summed E-state index contributed by atoms with van der Waals surface area (Å²) in [4.78, 5) is 11.0. The topological polar surface area (TPSA) is 63.3 Å². The van der Waals surface area contributed by atoms with Gasteiger partial charge in [0.25, 0.3) is 0 Å². The summed E-state index contributed by atoms with van der Waals surface area (Å²) in [7, 11) is 0. The molecule has 0 aliphatic rings. The zero-order valence-corrected chi connectivity index (χ0v) is 8.40. The molecule has 0 unspecified atom stereocenters. The Morgan fingerprint density at radius 2 is 2.25 bits per heavy atom. The fraction of sp³-hybridized carbons (Fsp3) is 0.0909. The first-order chi connectivity index (χ1) is 7.59. The Morgan fingerprint density at radius 1 is 1.50 bits per heavy atom. The third-order valence-electron chi connectivity index (χ3n) is 2.17. The SMILES string of the molecule is Cc1onc(-c2cccc(F)c2)c1C(=O)O. The van der Waals surface area contributed by atoms with Gasteiger partial charge < -0.3 is 9.63 Å². The third-order valence-corrected chi connectivity index (χ3v) is 2.17. The maximum atomic E-state index is 13.0. The van der Waals surface area contributed by atoms with E-state index in [1.165, 1.54) is 25.1 Å². The van der Waals surface area contributed by atoms with Crippen molar-refractivity contribution in [2.45, 2.75) is 6.92 Å². The maximum absolute atomic E-state index is 13.0. The summed E-state index contributed by atoms with van der Waals surface area (Å²) in [5, 5.41) is 12.6. The van der Waals surface area contributed by atoms with E-state index in [1.807, 2.05) is 0 Å². The number of carbonyl (C=O) groups is 1. The molecule has 0 radical (unpaired) electrons. The number of aromatic nitrogens is 1. The Hall–Kier alpha value is -2.17. The van der Waals surface area contributed by atoms with Crippen LogP contribution < -0.4 is 0 Å². The van der Waals surface area contributed by atoms with Crippen molar-refractivity contribution in [1.82, 2.24) is 5.16 Å². The van der Waals surface area contributed by atoms with E-state index in [0.717, 1.165) is 0 Å². The summed E-state index contributed by atoms with van der Waals surface area (Å²) in [5.41, 5.74) is 0.490. The second-order valence-electron chi connectivity index (χ2n) is 3.28. The monoisotopic (exact) mass is 221 g/mol. The number of carboxylic acid groups (broad SMARTS) is 1. The highest BCUT2D eigenvalue weighted by Gasteiger charge is 2.20. The molecule has 16 heavy (non-hydrogen) atoms. The molecule has 5 heteroatoms. The number of aromatic carboxylic acids is 1. The first kappa shape index (κ1) is 10.4. The van der Waals surface area contributed by atoms with Crippen molar-refractivity contribution < 1.29 is 18.8 Å². The van der Waals surface area contributed by atoms with E-state index in [4.69, 9.17) is 9.63 Å². The number of hydrogen-bond donors (Lipinski definition) is 1. The van der Waals surface area contributed by atoms with Crippen LogP contribution in [0.3, 0.4) is 0 Å². The summed E-state index contributed by atoms with van der Waals surface area (Å²) in [6.45, 7) is 1.50. The minimum Gasteiger partial charge on any atom is -0.477 e. The van der Waals surface area contributed by atoms with Gasteiger partial charge in [-0.25, -0.2) is 9.18 Å². The van der Waals surface area contributed by atoms with Crippen LogP contribution in [0.4, 0.5) is 4.39 Å². The standard InChI is InChI=1S/C11H8FNO3/c1-6-9(11(14)15)10(13-16-6)7-3-2-4-8(12)5-7/h2-5H,1H3,(H,14,15). The molecule has 0 atom stereocenters. The lowest BCUT2D eigenvalue weighted by Crippen LogP contribution is -1.99. The van der Waals surface area contributed by atoms with Gasteiger partial charge >= 0.3 is 5.97 Å². The third kappa shape index (κ3) is 1.67. The number of rotatable bonds is 2. The lowest BCUT2D eigenvalue weighted by Gasteiger charge is -1.97. The summed E-state index contributed by atoms with van der Waals surface area (Å²) >= 11 is 0. The van der Waals surface area contributed by atoms with Crippen molar-refractivity contribution in [2.24, 2.45) is 0 Å². The van der Waals surface area contributed by atoms with Crippen LogP contribution in [-0.2, 0) is 0 Å². The summed E-state index contributed by atoms with van der Waals surface area (Å²) in [6, 6.07) is 5.55. The van der Waals surface area contributed by atoms with E-state index < -0.39 is 11.8 Å². The van der Waals surface area contributed by atoms with Crippen LogP contribution in [0.5, 0.6) is 0 Å². The fourth-order valence-corrected chi connectivity index (χ4v) is 1.46. The largest absolute Gasteiger partial charge is 0.477 e. The van der Waals surface area contributed by atoms with Crippen molar-refractivity contribution in [2.75, 3.05) is 0 Å². The Bertz CT molecular complexity index is 548. The molecule has 1 N–H and O–H groups in total. The Labute approximate surface area is 90.3 Å². The van der Waals surface area contributed by atoms with Gasteiger partial charge in [0.2, 0.25) is 0 Å². The van der Waals surface area contributed by atoms with Gasteiger partial charge in [0.15, 0.2) is 0 Å². The molecular formula is C11H8FNO3. The molecule has 4 nitrogen and oxygen atoms in total. The average molecular weight is 221 g/mol. The second-order valence-corrected chi connectivity index (χ2v) is 3.28. The minimum atomic E-state index is -1.14. The van der Waals surface area contributed by atoms with E-state index in [9.17, 15) is 9.18 Å². The van der Waals surface area contributed by atoms with Crippen LogP contribution in [-0.4, -0.2) is 16.2 Å². The predicted octanol–water partition coefficient (Wildman–Crippen LogP) is 2.49. The summed E-state index contributed by atoms with van der Waals surface area (Å²) < 4.78 is 17.8. The van der Waals surface area contributed by atoms with Gasteiger partial charge in [-0.3, -0.25) is 0 Å². The van der Waals surface area contributed by atoms with Crippen LogP contribution in [0.15, 0.2) is 28.8 Å². The highest BCUT2D eigenvalue weighted by Crippen LogP contribution is 2.25. The van der Waals surface area contributed by atoms with Gasteiger partial charge in [0.1, 0.15) is 22.8 Å². The summed E-state index contributed by atoms with van der Waals surface area (Å²) in [5.74, 6) is -1.39. The molecule has 2 rings (SSSR count). The fourth-order valence-electron chi connectivity index (χ4n) is 1.46. The quantitative estimate of drug-likeness (QED) is 0.846. The van der Waals surface area contributed by atoms with E-state index in [2.05, 4.69) is 5.16 Å². The van der Waals surface area contributed by atoms with Gasteiger partial charge in [0.05, 0.1) is 0 Å². The van der Waals surface area contributed by atoms with Crippen LogP contribution >= 0.6 is 0 Å². The van der Waals surface area contributed by atoms with Crippen LogP contribution in [0, 0.1) is 12.7 Å².